The van der Waals surface area contributed by atoms with Gasteiger partial charge in [0.25, 0.3) is 11.8 Å². The van der Waals surface area contributed by atoms with Crippen LogP contribution in [-0.4, -0.2) is 47.2 Å². The first-order chi connectivity index (χ1) is 8.13. The van der Waals surface area contributed by atoms with E-state index in [1.54, 1.807) is 0 Å². The summed E-state index contributed by atoms with van der Waals surface area (Å²) in [7, 11) is 0. The molecule has 2 fully saturated rings. The molecule has 2 heterocycles. The van der Waals surface area contributed by atoms with Gasteiger partial charge in [0.2, 0.25) is 0 Å². The lowest BCUT2D eigenvalue weighted by Crippen LogP contribution is -2.51. The third-order valence-corrected chi connectivity index (χ3v) is 3.49. The van der Waals surface area contributed by atoms with Crippen molar-refractivity contribution in [1.82, 2.24) is 4.90 Å². The van der Waals surface area contributed by atoms with Crippen LogP contribution < -0.4 is 0 Å². The molecular formula is C12H19NO4. The molecule has 2 aliphatic rings. The summed E-state index contributed by atoms with van der Waals surface area (Å²) in [5, 5.41) is 8.90. The van der Waals surface area contributed by atoms with Gasteiger partial charge in [0.15, 0.2) is 0 Å². The molecule has 0 spiro atoms. The number of ether oxygens (including phenoxy) is 1. The molecule has 0 saturated carbocycles. The Balaban J connectivity index is 1.87. The Morgan fingerprint density at radius 3 is 2.47 bits per heavy atom. The molecule has 5 nitrogen and oxygen atoms in total. The Kier molecular flexibility index (Phi) is 3.79. The fraction of sp³-hybridized carbons (Fsp3) is 0.833. The maximum Gasteiger partial charge on any atom is 0.258 e. The van der Waals surface area contributed by atoms with E-state index in [1.165, 1.54) is 4.90 Å². The molecule has 0 radical (unpaired) electrons. The van der Waals surface area contributed by atoms with Crippen molar-refractivity contribution in [2.24, 2.45) is 5.92 Å². The molecule has 0 aromatic rings. The van der Waals surface area contributed by atoms with E-state index in [1.807, 2.05) is 6.92 Å². The average Bonchev–Trinajstić information content (AvgIpc) is 2.78. The minimum Gasteiger partial charge on any atom is -0.396 e. The van der Waals surface area contributed by atoms with Crippen LogP contribution in [-0.2, 0) is 14.3 Å². The number of aliphatic hydroxyl groups is 1. The lowest BCUT2D eigenvalue weighted by molar-refractivity contribution is -0.168. The van der Waals surface area contributed by atoms with E-state index in [2.05, 4.69) is 0 Å². The van der Waals surface area contributed by atoms with Crippen LogP contribution >= 0.6 is 0 Å². The zero-order valence-corrected chi connectivity index (χ0v) is 10.1. The molecule has 0 aromatic carbocycles. The van der Waals surface area contributed by atoms with Gasteiger partial charge in [-0.25, -0.2) is 0 Å². The Labute approximate surface area is 101 Å². The minimum absolute atomic E-state index is 0.149. The van der Waals surface area contributed by atoms with Crippen molar-refractivity contribution in [3.05, 3.63) is 0 Å². The monoisotopic (exact) mass is 241 g/mol. The van der Waals surface area contributed by atoms with Gasteiger partial charge in [0, 0.05) is 13.2 Å². The van der Waals surface area contributed by atoms with Crippen LogP contribution in [0, 0.1) is 5.92 Å². The highest BCUT2D eigenvalue weighted by Crippen LogP contribution is 2.28. The standard InChI is InChI=1S/C12H19NO4/c1-8(7-14)3-2-6-13-11(15)9-4-5-10(17-9)12(13)16/h8-10,14H,2-7H2,1H3. The van der Waals surface area contributed by atoms with E-state index in [4.69, 9.17) is 9.84 Å². The summed E-state index contributed by atoms with van der Waals surface area (Å²) < 4.78 is 5.32. The van der Waals surface area contributed by atoms with Crippen molar-refractivity contribution in [3.63, 3.8) is 0 Å². The van der Waals surface area contributed by atoms with Crippen LogP contribution in [0.2, 0.25) is 0 Å². The number of aliphatic hydroxyl groups excluding tert-OH is 1. The number of likely N-dealkylation sites (tertiary alicyclic amines) is 1. The first-order valence-corrected chi connectivity index (χ1v) is 6.25. The minimum atomic E-state index is -0.395. The van der Waals surface area contributed by atoms with Crippen molar-refractivity contribution < 1.29 is 19.4 Å². The molecule has 0 aliphatic carbocycles. The number of fused-ring (bicyclic) bond motifs is 2. The van der Waals surface area contributed by atoms with Crippen molar-refractivity contribution in [3.8, 4) is 0 Å². The first kappa shape index (κ1) is 12.5. The van der Waals surface area contributed by atoms with Crippen LogP contribution in [0.25, 0.3) is 0 Å². The van der Waals surface area contributed by atoms with Crippen molar-refractivity contribution in [2.75, 3.05) is 13.2 Å². The van der Waals surface area contributed by atoms with Gasteiger partial charge >= 0.3 is 0 Å². The van der Waals surface area contributed by atoms with E-state index < -0.39 is 12.2 Å². The van der Waals surface area contributed by atoms with Gasteiger partial charge in [0.1, 0.15) is 12.2 Å². The third kappa shape index (κ3) is 2.50. The predicted molar refractivity (Wildman–Crippen MR) is 60.1 cm³/mol. The Morgan fingerprint density at radius 2 is 1.94 bits per heavy atom. The van der Waals surface area contributed by atoms with Gasteiger partial charge in [-0.15, -0.1) is 0 Å². The van der Waals surface area contributed by atoms with E-state index in [0.717, 1.165) is 12.8 Å². The molecule has 3 atom stereocenters. The average molecular weight is 241 g/mol. The van der Waals surface area contributed by atoms with Crippen molar-refractivity contribution in [2.45, 2.75) is 44.8 Å². The molecule has 2 saturated heterocycles. The summed E-state index contributed by atoms with van der Waals surface area (Å²) >= 11 is 0. The number of hydrogen-bond acceptors (Lipinski definition) is 4. The zero-order chi connectivity index (χ0) is 12.4. The molecule has 3 unspecified atom stereocenters. The summed E-state index contributed by atoms with van der Waals surface area (Å²) in [6.45, 7) is 2.56. The number of carbonyl (C=O) groups excluding carboxylic acids is 2. The number of amides is 2. The number of rotatable bonds is 5. The van der Waals surface area contributed by atoms with Gasteiger partial charge in [-0.05, 0) is 31.6 Å². The lowest BCUT2D eigenvalue weighted by Gasteiger charge is -2.30. The summed E-state index contributed by atoms with van der Waals surface area (Å²) in [5.74, 6) is -0.140. The topological polar surface area (TPSA) is 66.8 Å². The largest absolute Gasteiger partial charge is 0.396 e. The number of carbonyl (C=O) groups is 2. The van der Waals surface area contributed by atoms with Gasteiger partial charge in [-0.1, -0.05) is 6.92 Å². The van der Waals surface area contributed by atoms with Crippen LogP contribution in [0.15, 0.2) is 0 Å². The van der Waals surface area contributed by atoms with Crippen LogP contribution in [0.3, 0.4) is 0 Å². The molecule has 17 heavy (non-hydrogen) atoms. The van der Waals surface area contributed by atoms with Gasteiger partial charge in [0.05, 0.1) is 0 Å². The molecule has 1 N–H and O–H groups in total. The quantitative estimate of drug-likeness (QED) is 0.703. The molecular weight excluding hydrogens is 222 g/mol. The summed E-state index contributed by atoms with van der Waals surface area (Å²) in [4.78, 5) is 25.1. The fourth-order valence-corrected chi connectivity index (χ4v) is 2.37. The maximum absolute atomic E-state index is 11.9. The van der Waals surface area contributed by atoms with Gasteiger partial charge in [-0.3, -0.25) is 14.5 Å². The van der Waals surface area contributed by atoms with E-state index in [-0.39, 0.29) is 24.3 Å². The van der Waals surface area contributed by atoms with Crippen LogP contribution in [0.4, 0.5) is 0 Å². The fourth-order valence-electron chi connectivity index (χ4n) is 2.37. The molecule has 2 bridgehead atoms. The molecule has 2 amide bonds. The van der Waals surface area contributed by atoms with Crippen molar-refractivity contribution in [1.29, 1.82) is 0 Å². The molecule has 2 aliphatic heterocycles. The second-order valence-electron chi connectivity index (χ2n) is 4.95. The Morgan fingerprint density at radius 1 is 1.35 bits per heavy atom. The second-order valence-corrected chi connectivity index (χ2v) is 4.95. The number of morpholine rings is 1. The molecule has 96 valence electrons. The van der Waals surface area contributed by atoms with Gasteiger partial charge in [-0.2, -0.15) is 0 Å². The van der Waals surface area contributed by atoms with Gasteiger partial charge < -0.3 is 9.84 Å². The molecule has 0 aromatic heterocycles. The van der Waals surface area contributed by atoms with E-state index in [9.17, 15) is 9.59 Å². The Hall–Kier alpha value is -0.940. The van der Waals surface area contributed by atoms with Crippen LogP contribution in [0.1, 0.15) is 32.6 Å². The molecule has 5 heteroatoms. The summed E-state index contributed by atoms with van der Waals surface area (Å²) in [5.41, 5.74) is 0. The highest BCUT2D eigenvalue weighted by molar-refractivity contribution is 6.02. The highest BCUT2D eigenvalue weighted by Gasteiger charge is 2.45. The highest BCUT2D eigenvalue weighted by atomic mass is 16.5. The second kappa shape index (κ2) is 5.14. The predicted octanol–water partition coefficient (Wildman–Crippen LogP) is 0.311. The van der Waals surface area contributed by atoms with E-state index in [0.29, 0.717) is 19.4 Å². The number of nitrogens with zero attached hydrogens (tertiary/aromatic N) is 1. The molecule has 2 rings (SSSR count). The summed E-state index contributed by atoms with van der Waals surface area (Å²) in [6.07, 6.45) is 2.11. The lowest BCUT2D eigenvalue weighted by atomic mass is 10.1. The Bertz CT molecular complexity index is 296. The number of imide groups is 1. The smallest absolute Gasteiger partial charge is 0.258 e. The summed E-state index contributed by atoms with van der Waals surface area (Å²) in [6, 6.07) is 0. The maximum atomic E-state index is 11.9. The SMILES string of the molecule is CC(CO)CCCN1C(=O)C2CCC(O2)C1=O. The zero-order valence-electron chi connectivity index (χ0n) is 10.1. The van der Waals surface area contributed by atoms with E-state index >= 15 is 0 Å². The normalized spacial score (nSPS) is 29.9. The van der Waals surface area contributed by atoms with Crippen LogP contribution in [0.5, 0.6) is 0 Å². The number of hydrogen-bond donors (Lipinski definition) is 1. The third-order valence-electron chi connectivity index (χ3n) is 3.49. The van der Waals surface area contributed by atoms with Crippen molar-refractivity contribution >= 4 is 11.8 Å². The first-order valence-electron chi connectivity index (χ1n) is 6.25.